The zero-order chi connectivity index (χ0) is 13.0. The second-order valence-corrected chi connectivity index (χ2v) is 4.34. The maximum Gasteiger partial charge on any atom is 0.0897 e. The van der Waals surface area contributed by atoms with Crippen LogP contribution in [0.15, 0.2) is 30.5 Å². The lowest BCUT2D eigenvalue weighted by Crippen LogP contribution is -2.31. The van der Waals surface area contributed by atoms with Gasteiger partial charge in [-0.3, -0.25) is 5.84 Å². The van der Waals surface area contributed by atoms with Crippen molar-refractivity contribution in [2.45, 2.75) is 32.9 Å². The highest BCUT2D eigenvalue weighted by atomic mass is 15.4. The van der Waals surface area contributed by atoms with Gasteiger partial charge < -0.3 is 0 Å². The van der Waals surface area contributed by atoms with Gasteiger partial charge in [-0.15, -0.1) is 5.10 Å². The minimum absolute atomic E-state index is 0.0762. The molecule has 0 saturated heterocycles. The van der Waals surface area contributed by atoms with Crippen LogP contribution in [0.4, 0.5) is 0 Å². The first-order valence-electron chi connectivity index (χ1n) is 6.18. The van der Waals surface area contributed by atoms with Gasteiger partial charge in [0.25, 0.3) is 0 Å². The lowest BCUT2D eigenvalue weighted by molar-refractivity contribution is 0.511. The summed E-state index contributed by atoms with van der Waals surface area (Å²) in [5.74, 6) is 5.71. The van der Waals surface area contributed by atoms with Gasteiger partial charge in [-0.1, -0.05) is 36.4 Å². The fourth-order valence-corrected chi connectivity index (χ4v) is 2.12. The van der Waals surface area contributed by atoms with Crippen molar-refractivity contribution in [1.82, 2.24) is 20.4 Å². The summed E-state index contributed by atoms with van der Waals surface area (Å²) in [7, 11) is 0. The largest absolute Gasteiger partial charge is 0.271 e. The predicted octanol–water partition coefficient (Wildman–Crippen LogP) is 1.55. The summed E-state index contributed by atoms with van der Waals surface area (Å²) in [4.78, 5) is 0. The molecule has 5 nitrogen and oxygen atoms in total. The fourth-order valence-electron chi connectivity index (χ4n) is 2.12. The molecule has 1 aromatic carbocycles. The van der Waals surface area contributed by atoms with E-state index in [1.165, 1.54) is 5.56 Å². The number of hydrazine groups is 1. The topological polar surface area (TPSA) is 68.8 Å². The Balaban J connectivity index is 2.39. The van der Waals surface area contributed by atoms with E-state index in [-0.39, 0.29) is 6.04 Å². The van der Waals surface area contributed by atoms with Gasteiger partial charge in [0.05, 0.1) is 17.9 Å². The highest BCUT2D eigenvalue weighted by Crippen LogP contribution is 2.23. The van der Waals surface area contributed by atoms with Gasteiger partial charge in [-0.2, -0.15) is 0 Å². The molecule has 5 heteroatoms. The van der Waals surface area contributed by atoms with Gasteiger partial charge in [-0.25, -0.2) is 10.1 Å². The van der Waals surface area contributed by atoms with E-state index < -0.39 is 0 Å². The highest BCUT2D eigenvalue weighted by Gasteiger charge is 2.18. The summed E-state index contributed by atoms with van der Waals surface area (Å²) >= 11 is 0. The van der Waals surface area contributed by atoms with E-state index in [4.69, 9.17) is 5.84 Å². The number of hydrogen-bond acceptors (Lipinski definition) is 4. The van der Waals surface area contributed by atoms with Crippen LogP contribution in [0.5, 0.6) is 0 Å². The Kier molecular flexibility index (Phi) is 4.07. The molecular weight excluding hydrogens is 226 g/mol. The van der Waals surface area contributed by atoms with Crippen LogP contribution in [0.25, 0.3) is 0 Å². The minimum atomic E-state index is -0.0762. The average molecular weight is 245 g/mol. The van der Waals surface area contributed by atoms with E-state index >= 15 is 0 Å². The molecule has 1 heterocycles. The summed E-state index contributed by atoms with van der Waals surface area (Å²) in [5, 5.41) is 8.08. The zero-order valence-electron chi connectivity index (χ0n) is 10.8. The standard InChI is InChI=1S/C13H19N5/c1-3-8-18-12(9-15-17-18)13(16-14)11-7-5-4-6-10(11)2/h4-7,9,13,16H,3,8,14H2,1-2H3. The molecule has 2 rings (SSSR count). The average Bonchev–Trinajstić information content (AvgIpc) is 2.82. The molecule has 0 aliphatic rings. The molecular formula is C13H19N5. The van der Waals surface area contributed by atoms with Crippen LogP contribution in [0.1, 0.15) is 36.2 Å². The molecule has 1 aromatic heterocycles. The summed E-state index contributed by atoms with van der Waals surface area (Å²) in [6, 6.07) is 8.11. The molecule has 0 saturated carbocycles. The first-order valence-corrected chi connectivity index (χ1v) is 6.18. The molecule has 0 aliphatic heterocycles. The number of aryl methyl sites for hydroxylation is 2. The molecule has 18 heavy (non-hydrogen) atoms. The van der Waals surface area contributed by atoms with Gasteiger partial charge >= 0.3 is 0 Å². The molecule has 0 amide bonds. The maximum atomic E-state index is 5.71. The summed E-state index contributed by atoms with van der Waals surface area (Å²) in [6.45, 7) is 5.04. The van der Waals surface area contributed by atoms with E-state index in [1.54, 1.807) is 6.20 Å². The highest BCUT2D eigenvalue weighted by molar-refractivity contribution is 5.33. The van der Waals surface area contributed by atoms with Crippen molar-refractivity contribution in [3.05, 3.63) is 47.3 Å². The van der Waals surface area contributed by atoms with Crippen molar-refractivity contribution in [3.63, 3.8) is 0 Å². The summed E-state index contributed by atoms with van der Waals surface area (Å²) in [5.41, 5.74) is 6.20. The molecule has 3 N–H and O–H groups in total. The number of nitrogens with two attached hydrogens (primary N) is 1. The molecule has 0 spiro atoms. The van der Waals surface area contributed by atoms with Crippen LogP contribution in [0.2, 0.25) is 0 Å². The van der Waals surface area contributed by atoms with E-state index in [1.807, 2.05) is 16.8 Å². The van der Waals surface area contributed by atoms with Crippen molar-refractivity contribution in [2.24, 2.45) is 5.84 Å². The van der Waals surface area contributed by atoms with Crippen LogP contribution in [-0.4, -0.2) is 15.0 Å². The maximum absolute atomic E-state index is 5.71. The van der Waals surface area contributed by atoms with Crippen molar-refractivity contribution >= 4 is 0 Å². The molecule has 1 atom stereocenters. The van der Waals surface area contributed by atoms with Crippen molar-refractivity contribution in [1.29, 1.82) is 0 Å². The third-order valence-corrected chi connectivity index (χ3v) is 3.04. The third kappa shape index (κ3) is 2.42. The quantitative estimate of drug-likeness (QED) is 0.619. The van der Waals surface area contributed by atoms with E-state index in [9.17, 15) is 0 Å². The Morgan fingerprint density at radius 2 is 2.17 bits per heavy atom. The Hall–Kier alpha value is -1.72. The van der Waals surface area contributed by atoms with E-state index in [2.05, 4.69) is 41.7 Å². The lowest BCUT2D eigenvalue weighted by Gasteiger charge is -2.19. The van der Waals surface area contributed by atoms with E-state index in [0.717, 1.165) is 24.2 Å². The second-order valence-electron chi connectivity index (χ2n) is 4.34. The van der Waals surface area contributed by atoms with Gasteiger partial charge in [0.1, 0.15) is 0 Å². The van der Waals surface area contributed by atoms with Crippen molar-refractivity contribution in [2.75, 3.05) is 0 Å². The van der Waals surface area contributed by atoms with Crippen molar-refractivity contribution < 1.29 is 0 Å². The molecule has 0 fully saturated rings. The number of rotatable bonds is 5. The number of hydrogen-bond donors (Lipinski definition) is 2. The Morgan fingerprint density at radius 1 is 1.39 bits per heavy atom. The summed E-state index contributed by atoms with van der Waals surface area (Å²) < 4.78 is 1.90. The molecule has 0 aliphatic carbocycles. The number of nitrogens with one attached hydrogen (secondary N) is 1. The van der Waals surface area contributed by atoms with Crippen LogP contribution >= 0.6 is 0 Å². The van der Waals surface area contributed by atoms with Crippen LogP contribution in [-0.2, 0) is 6.54 Å². The molecule has 0 radical (unpaired) electrons. The third-order valence-electron chi connectivity index (χ3n) is 3.04. The predicted molar refractivity (Wildman–Crippen MR) is 70.7 cm³/mol. The number of aromatic nitrogens is 3. The lowest BCUT2D eigenvalue weighted by atomic mass is 9.99. The first-order chi connectivity index (χ1) is 8.77. The summed E-state index contributed by atoms with van der Waals surface area (Å²) in [6.07, 6.45) is 2.79. The Labute approximate surface area is 107 Å². The zero-order valence-corrected chi connectivity index (χ0v) is 10.8. The second kappa shape index (κ2) is 5.75. The molecule has 2 aromatic rings. The van der Waals surface area contributed by atoms with Crippen LogP contribution in [0.3, 0.4) is 0 Å². The fraction of sp³-hybridized carbons (Fsp3) is 0.385. The molecule has 1 unspecified atom stereocenters. The SMILES string of the molecule is CCCn1nncc1C(NN)c1ccccc1C. The smallest absolute Gasteiger partial charge is 0.0897 e. The van der Waals surface area contributed by atoms with Gasteiger partial charge in [0, 0.05) is 6.54 Å². The number of benzene rings is 1. The van der Waals surface area contributed by atoms with Crippen LogP contribution < -0.4 is 11.3 Å². The van der Waals surface area contributed by atoms with Crippen LogP contribution in [0, 0.1) is 6.92 Å². The minimum Gasteiger partial charge on any atom is -0.271 e. The van der Waals surface area contributed by atoms with Gasteiger partial charge in [-0.05, 0) is 24.5 Å². The van der Waals surface area contributed by atoms with Crippen molar-refractivity contribution in [3.8, 4) is 0 Å². The number of nitrogens with zero attached hydrogens (tertiary/aromatic N) is 3. The van der Waals surface area contributed by atoms with Gasteiger partial charge in [0.2, 0.25) is 0 Å². The Bertz CT molecular complexity index is 506. The first kappa shape index (κ1) is 12.7. The normalized spacial score (nSPS) is 12.6. The van der Waals surface area contributed by atoms with Gasteiger partial charge in [0.15, 0.2) is 0 Å². The molecule has 0 bridgehead atoms. The monoisotopic (exact) mass is 245 g/mol. The Morgan fingerprint density at radius 3 is 2.83 bits per heavy atom. The molecule has 96 valence electrons. The van der Waals surface area contributed by atoms with E-state index in [0.29, 0.717) is 0 Å².